The first-order valence-electron chi connectivity index (χ1n) is 30.7. The number of hydrogen-bond acceptors (Lipinski definition) is 18. The molecule has 6 saturated heterocycles. The van der Waals surface area contributed by atoms with Gasteiger partial charge in [-0.2, -0.15) is 0 Å². The minimum absolute atomic E-state index is 0.0937. The molecule has 2 aromatic carbocycles. The molecule has 2 bridgehead atoms. The first kappa shape index (κ1) is 56.3. The first-order valence-corrected chi connectivity index (χ1v) is 31.6. The molecule has 2 amide bonds. The van der Waals surface area contributed by atoms with Gasteiger partial charge in [0.05, 0.1) is 39.6 Å². The lowest BCUT2D eigenvalue weighted by Gasteiger charge is -2.55. The average molecular weight is 1160 g/mol. The molecule has 13 rings (SSSR count). The molecular weight excluding hydrogens is 1080 g/mol. The van der Waals surface area contributed by atoms with E-state index in [2.05, 4.69) is 67.3 Å². The number of aromatic nitrogens is 5. The third kappa shape index (κ3) is 11.5. The number of pyridine rings is 1. The van der Waals surface area contributed by atoms with Crippen LogP contribution in [-0.4, -0.2) is 164 Å². The number of aliphatic hydroxyl groups excluding tert-OH is 1. The summed E-state index contributed by atoms with van der Waals surface area (Å²) in [7, 11) is 0. The fourth-order valence-corrected chi connectivity index (χ4v) is 15.8. The molecule has 1 spiro atoms. The number of ether oxygens (including phenoxy) is 1. The number of likely N-dealkylation sites (tertiary alicyclic amines) is 3. The Bertz CT molecular complexity index is 3280. The van der Waals surface area contributed by atoms with Crippen LogP contribution in [0.1, 0.15) is 108 Å². The second-order valence-electron chi connectivity index (χ2n) is 25.9. The number of aryl methyl sites for hydroxylation is 1. The lowest BCUT2D eigenvalue weighted by atomic mass is 9.71. The van der Waals surface area contributed by atoms with Crippen molar-refractivity contribution >= 4 is 46.2 Å². The van der Waals surface area contributed by atoms with E-state index in [0.29, 0.717) is 52.1 Å². The summed E-state index contributed by atoms with van der Waals surface area (Å²) in [5.74, 6) is 2.70. The molecule has 7 fully saturated rings. The monoisotopic (exact) mass is 1160 g/mol. The van der Waals surface area contributed by atoms with Gasteiger partial charge in [-0.15, -0.1) is 21.5 Å². The Balaban J connectivity index is 0.524. The van der Waals surface area contributed by atoms with Crippen LogP contribution in [0.3, 0.4) is 0 Å². The molecule has 6 aromatic rings. The molecule has 0 radical (unpaired) electrons. The van der Waals surface area contributed by atoms with Crippen LogP contribution in [0.15, 0.2) is 89.0 Å². The van der Waals surface area contributed by atoms with Gasteiger partial charge in [0.2, 0.25) is 17.7 Å². The van der Waals surface area contributed by atoms with Gasteiger partial charge in [0.15, 0.2) is 17.4 Å². The predicted molar refractivity (Wildman–Crippen MR) is 325 cm³/mol. The predicted octanol–water partition coefficient (Wildman–Crippen LogP) is 8.15. The quantitative estimate of drug-likeness (QED) is 0.0677. The van der Waals surface area contributed by atoms with E-state index in [9.17, 15) is 19.8 Å². The zero-order valence-electron chi connectivity index (χ0n) is 48.9. The van der Waals surface area contributed by atoms with Crippen LogP contribution < -0.4 is 30.5 Å². The summed E-state index contributed by atoms with van der Waals surface area (Å²) < 4.78 is 12.5. The van der Waals surface area contributed by atoms with E-state index in [-0.39, 0.29) is 48.6 Å². The lowest BCUT2D eigenvalue weighted by molar-refractivity contribution is -0.141. The van der Waals surface area contributed by atoms with Gasteiger partial charge in [0.25, 0.3) is 0 Å². The van der Waals surface area contributed by atoms with Crippen LogP contribution in [-0.2, 0) is 9.59 Å². The maximum Gasteiger partial charge on any atom is 0.243 e. The van der Waals surface area contributed by atoms with E-state index in [0.717, 1.165) is 123 Å². The zero-order chi connectivity index (χ0) is 57.8. The molecular formula is C64H81N13O6S. The Labute approximate surface area is 496 Å². The molecule has 2 unspecified atom stereocenters. The molecule has 444 valence electrons. The molecule has 84 heavy (non-hydrogen) atoms. The average Bonchev–Trinajstić information content (AvgIpc) is 2.22. The number of amides is 2. The van der Waals surface area contributed by atoms with E-state index in [4.69, 9.17) is 15.0 Å². The molecule has 20 heteroatoms. The molecule has 10 heterocycles. The van der Waals surface area contributed by atoms with Gasteiger partial charge in [-0.3, -0.25) is 9.59 Å². The second-order valence-corrected chi connectivity index (χ2v) is 26.7. The highest BCUT2D eigenvalue weighted by atomic mass is 32.1. The number of nitrogens with zero attached hydrogens (tertiary/aromatic N) is 11. The summed E-state index contributed by atoms with van der Waals surface area (Å²) in [5.41, 5.74) is 14.9. The van der Waals surface area contributed by atoms with Crippen LogP contribution in [0.25, 0.3) is 21.7 Å². The number of β-amino-alcohol motifs (C(OH)–C–C–N with tert-alkyl or cyclic N) is 1. The number of fused-ring (bicyclic) bond motifs is 2. The Hall–Kier alpha value is -6.87. The van der Waals surface area contributed by atoms with Crippen LogP contribution in [0.2, 0.25) is 0 Å². The van der Waals surface area contributed by atoms with Crippen molar-refractivity contribution in [1.82, 2.24) is 45.3 Å². The third-order valence-electron chi connectivity index (χ3n) is 19.7. The second kappa shape index (κ2) is 23.5. The smallest absolute Gasteiger partial charge is 0.243 e. The largest absolute Gasteiger partial charge is 0.507 e. The minimum Gasteiger partial charge on any atom is -0.507 e. The summed E-state index contributed by atoms with van der Waals surface area (Å²) in [6.45, 7) is 18.5. The molecule has 6 aliphatic heterocycles. The zero-order valence-corrected chi connectivity index (χ0v) is 49.7. The summed E-state index contributed by atoms with van der Waals surface area (Å²) in [6, 6.07) is 23.0. The molecule has 19 nitrogen and oxygen atoms in total. The van der Waals surface area contributed by atoms with Gasteiger partial charge < -0.3 is 59.9 Å². The lowest BCUT2D eigenvalue weighted by Crippen LogP contribution is -2.61. The molecule has 5 N–H and O–H groups in total. The number of benzene rings is 2. The number of thiazole rings is 1. The topological polar surface area (TPSA) is 219 Å². The Morgan fingerprint density at radius 1 is 0.845 bits per heavy atom. The normalized spacial score (nSPS) is 25.2. The summed E-state index contributed by atoms with van der Waals surface area (Å²) in [5, 5.41) is 37.5. The van der Waals surface area contributed by atoms with E-state index in [1.54, 1.807) is 28.4 Å². The maximum absolute atomic E-state index is 14.4. The summed E-state index contributed by atoms with van der Waals surface area (Å²) >= 11 is 1.60. The molecule has 7 aliphatic rings. The first-order chi connectivity index (χ1) is 40.7. The number of piperidine rings is 2. The van der Waals surface area contributed by atoms with E-state index in [1.165, 1.54) is 38.2 Å². The summed E-state index contributed by atoms with van der Waals surface area (Å²) in [6.07, 6.45) is 10.5. The van der Waals surface area contributed by atoms with E-state index in [1.807, 2.05) is 87.9 Å². The molecule has 4 aromatic heterocycles. The van der Waals surface area contributed by atoms with E-state index >= 15 is 0 Å². The van der Waals surface area contributed by atoms with Crippen molar-refractivity contribution < 1.29 is 29.1 Å². The van der Waals surface area contributed by atoms with Gasteiger partial charge in [-0.25, -0.2) is 9.97 Å². The number of nitrogens with two attached hydrogens (primary N) is 1. The van der Waals surface area contributed by atoms with Gasteiger partial charge in [-0.05, 0) is 137 Å². The van der Waals surface area contributed by atoms with Gasteiger partial charge in [0, 0.05) is 107 Å². The van der Waals surface area contributed by atoms with Crippen molar-refractivity contribution in [2.45, 2.75) is 128 Å². The van der Waals surface area contributed by atoms with Crippen molar-refractivity contribution in [3.05, 3.63) is 102 Å². The number of phenols is 1. The minimum atomic E-state index is -0.795. The molecule has 1 saturated carbocycles. The summed E-state index contributed by atoms with van der Waals surface area (Å²) in [4.78, 5) is 52.6. The number of hydrogen-bond donors (Lipinski definition) is 4. The molecule has 6 atom stereocenters. The highest BCUT2D eigenvalue weighted by Gasteiger charge is 2.48. The highest BCUT2D eigenvalue weighted by molar-refractivity contribution is 7.13. The van der Waals surface area contributed by atoms with Crippen LogP contribution >= 0.6 is 11.3 Å². The van der Waals surface area contributed by atoms with Crippen molar-refractivity contribution in [3.8, 4) is 33.3 Å². The number of carbonyl (C=O) groups excluding carboxylic acids is 2. The maximum atomic E-state index is 14.4. The number of nitrogen functional groups attached to an aromatic ring is 1. The standard InChI is InChI=1S/C64H81N13O6S/c1-39(2)59(63(81)76-35-49(78)28-54(76)62(80)68-40(3)44-9-11-45(12-10-44)60-41(4)67-38-84-60)56-30-57(71-83-56)74-23-18-64(19-24-74)36-73(37-64)31-42-16-21-72(22-17-42)32-43-25-50(26-43)82-58-27-46(15-20-66-58)77-47-13-14-48(77)34-75(33-47)53-29-52(69-70-61(53)65)51-7-5-6-8-55(51)79/h5-12,15,20,27,29-30,38-40,42-43,47-50,54,59,78-79H,13-14,16-19,21-26,28,31-37H2,1-4H3,(H2,65,70)(H,68,80)/t40-,43-,47?,48?,49+,50-,54-,59+/m0/s1. The number of piperazine rings is 1. The van der Waals surface area contributed by atoms with Crippen molar-refractivity contribution in [1.29, 1.82) is 0 Å². The SMILES string of the molecule is Cc1ncsc1-c1ccc([C@H](C)NC(=O)[C@@H]2C[C@@H](O)CN2C(=O)[C@@H](c2cc(N3CCC4(CC3)CN(CC3CCN(C[C@H]5C[C@H](Oc6cc(N7C8CCC7CN(c7cc(-c9ccccc9O)nnc7N)C8)ccn6)C5)CC3)C4)no2)C(C)C)cc1. The van der Waals surface area contributed by atoms with Crippen LogP contribution in [0, 0.1) is 30.1 Å². The van der Waals surface area contributed by atoms with Crippen molar-refractivity contribution in [2.75, 3.05) is 92.4 Å². The van der Waals surface area contributed by atoms with E-state index < -0.39 is 18.1 Å². The Morgan fingerprint density at radius 3 is 2.30 bits per heavy atom. The van der Waals surface area contributed by atoms with Crippen LogP contribution in [0.5, 0.6) is 11.6 Å². The molecule has 1 aliphatic carbocycles. The van der Waals surface area contributed by atoms with Gasteiger partial charge >= 0.3 is 0 Å². The van der Waals surface area contributed by atoms with Crippen LogP contribution in [0.4, 0.5) is 23.0 Å². The fraction of sp³-hybridized carbons (Fsp3) is 0.547. The fourth-order valence-electron chi connectivity index (χ4n) is 15.0. The number of aliphatic hydroxyl groups is 1. The number of para-hydroxylation sites is 1. The number of rotatable bonds is 17. The number of aromatic hydroxyl groups is 1. The van der Waals surface area contributed by atoms with Gasteiger partial charge in [0.1, 0.15) is 23.8 Å². The number of phenolic OH excluding ortho intramolecular Hbond substituents is 1. The Morgan fingerprint density at radius 2 is 1.58 bits per heavy atom. The third-order valence-corrected chi connectivity index (χ3v) is 20.7. The Kier molecular flexibility index (Phi) is 15.8. The van der Waals surface area contributed by atoms with Gasteiger partial charge in [-0.1, -0.05) is 55.4 Å². The van der Waals surface area contributed by atoms with Crippen molar-refractivity contribution in [3.63, 3.8) is 0 Å². The van der Waals surface area contributed by atoms with Crippen molar-refractivity contribution in [2.24, 2.45) is 23.2 Å². The number of nitrogens with one attached hydrogen (secondary N) is 1. The number of anilines is 4. The highest BCUT2D eigenvalue weighted by Crippen LogP contribution is 2.44. The number of carbonyl (C=O) groups is 2.